The Labute approximate surface area is 168 Å². The molecule has 2 aliphatic carbocycles. The minimum atomic E-state index is -1.04. The summed E-state index contributed by atoms with van der Waals surface area (Å²) >= 11 is 0. The van der Waals surface area contributed by atoms with E-state index in [4.69, 9.17) is 5.11 Å². The number of aromatic carboxylic acids is 1. The molecule has 5 heteroatoms. The van der Waals surface area contributed by atoms with Crippen molar-refractivity contribution in [1.29, 1.82) is 0 Å². The van der Waals surface area contributed by atoms with E-state index in [1.54, 1.807) is 0 Å². The summed E-state index contributed by atoms with van der Waals surface area (Å²) in [6.07, 6.45) is 4.13. The van der Waals surface area contributed by atoms with E-state index in [0.717, 1.165) is 11.1 Å². The molecule has 2 aromatic carbocycles. The van der Waals surface area contributed by atoms with Gasteiger partial charge in [-0.1, -0.05) is 48.1 Å². The van der Waals surface area contributed by atoms with Gasteiger partial charge in [-0.3, -0.25) is 9.59 Å². The minimum Gasteiger partial charge on any atom is -0.478 e. The highest BCUT2D eigenvalue weighted by atomic mass is 16.4. The van der Waals surface area contributed by atoms with Crippen molar-refractivity contribution in [3.8, 4) is 0 Å². The van der Waals surface area contributed by atoms with Gasteiger partial charge in [-0.25, -0.2) is 9.69 Å². The molecule has 1 N–H and O–H groups in total. The van der Waals surface area contributed by atoms with Gasteiger partial charge < -0.3 is 5.11 Å². The van der Waals surface area contributed by atoms with Gasteiger partial charge in [-0.15, -0.1) is 0 Å². The Morgan fingerprint density at radius 1 is 0.828 bits per heavy atom. The lowest BCUT2D eigenvalue weighted by atomic mass is 9.85. The average molecular weight is 385 g/mol. The Hall–Kier alpha value is -3.47. The van der Waals surface area contributed by atoms with Gasteiger partial charge in [-0.2, -0.15) is 0 Å². The number of imide groups is 1. The fraction of sp³-hybridized carbons (Fsp3) is 0.208. The van der Waals surface area contributed by atoms with Gasteiger partial charge in [0.25, 0.3) is 0 Å². The number of hydrogen-bond donors (Lipinski definition) is 1. The van der Waals surface area contributed by atoms with Crippen LogP contribution in [0, 0.1) is 23.7 Å². The number of allylic oxidation sites excluding steroid dienone is 4. The lowest BCUT2D eigenvalue weighted by Crippen LogP contribution is -2.33. The normalized spacial score (nSPS) is 26.9. The Morgan fingerprint density at radius 2 is 1.38 bits per heavy atom. The van der Waals surface area contributed by atoms with Crippen LogP contribution in [0.15, 0.2) is 72.3 Å². The van der Waals surface area contributed by atoms with Gasteiger partial charge in [0, 0.05) is 11.8 Å². The fourth-order valence-corrected chi connectivity index (χ4v) is 5.13. The molecule has 2 fully saturated rings. The number of carbonyl (C=O) groups excluding carboxylic acids is 2. The van der Waals surface area contributed by atoms with E-state index in [9.17, 15) is 14.4 Å². The second kappa shape index (κ2) is 6.27. The van der Waals surface area contributed by atoms with Gasteiger partial charge in [0.05, 0.1) is 23.1 Å². The van der Waals surface area contributed by atoms with Gasteiger partial charge in [0.2, 0.25) is 11.8 Å². The molecule has 1 heterocycles. The molecule has 29 heavy (non-hydrogen) atoms. The maximum absolute atomic E-state index is 13.2. The molecular formula is C24H19NO4. The fourth-order valence-electron chi connectivity index (χ4n) is 5.13. The molecule has 2 aromatic rings. The summed E-state index contributed by atoms with van der Waals surface area (Å²) < 4.78 is 0. The van der Waals surface area contributed by atoms with Crippen LogP contribution in [0.25, 0.3) is 5.57 Å². The standard InChI is InChI=1S/C24H19NO4/c1-13(14-5-3-2-4-6-14)19-17-11-12-18(19)21-20(17)22(26)25(23(21)27)16-9-7-15(8-10-16)24(28)29/h2-12,17-18,20-21H,1H3,(H,28,29)/t17-,18-,20+,21+/m1/s1. The SMILES string of the molecule is CC(=C1[C@H]2C=C[C@H]1[C@@H]1C(=O)N(c3ccc(C(=O)O)cc3)C(=O)[C@H]12)c1ccccc1. The van der Waals surface area contributed by atoms with E-state index in [2.05, 4.69) is 31.2 Å². The first kappa shape index (κ1) is 17.6. The molecule has 1 saturated heterocycles. The smallest absolute Gasteiger partial charge is 0.335 e. The number of carboxylic acids is 1. The van der Waals surface area contributed by atoms with E-state index in [1.165, 1.54) is 34.7 Å². The largest absolute Gasteiger partial charge is 0.478 e. The van der Waals surface area contributed by atoms with Crippen LogP contribution >= 0.6 is 0 Å². The number of amides is 2. The van der Waals surface area contributed by atoms with Gasteiger partial charge >= 0.3 is 5.97 Å². The number of nitrogens with zero attached hydrogens (tertiary/aromatic N) is 1. The van der Waals surface area contributed by atoms with Crippen LogP contribution in [0.3, 0.4) is 0 Å². The number of carbonyl (C=O) groups is 3. The average Bonchev–Trinajstić information content (AvgIpc) is 3.38. The highest BCUT2D eigenvalue weighted by Gasteiger charge is 2.62. The highest BCUT2D eigenvalue weighted by Crippen LogP contribution is 2.58. The maximum Gasteiger partial charge on any atom is 0.335 e. The van der Waals surface area contributed by atoms with E-state index in [-0.39, 0.29) is 41.0 Å². The second-order valence-electron chi connectivity index (χ2n) is 7.80. The summed E-state index contributed by atoms with van der Waals surface area (Å²) in [6.45, 7) is 2.07. The van der Waals surface area contributed by atoms with Crippen LogP contribution < -0.4 is 4.90 Å². The van der Waals surface area contributed by atoms with Crippen LogP contribution in [0.4, 0.5) is 5.69 Å². The van der Waals surface area contributed by atoms with E-state index in [0.29, 0.717) is 5.69 Å². The first-order valence-corrected chi connectivity index (χ1v) is 9.64. The van der Waals surface area contributed by atoms with Crippen molar-refractivity contribution >= 4 is 29.0 Å². The Kier molecular flexibility index (Phi) is 3.81. The summed E-state index contributed by atoms with van der Waals surface area (Å²) in [7, 11) is 0. The summed E-state index contributed by atoms with van der Waals surface area (Å²) in [5.74, 6) is -2.33. The molecule has 0 aromatic heterocycles. The molecule has 5 rings (SSSR count). The predicted octanol–water partition coefficient (Wildman–Crippen LogP) is 3.78. The molecule has 4 atom stereocenters. The number of benzene rings is 2. The third kappa shape index (κ3) is 2.43. The van der Waals surface area contributed by atoms with Gasteiger partial charge in [-0.05, 0) is 42.3 Å². The molecule has 0 radical (unpaired) electrons. The number of anilines is 1. The molecule has 1 aliphatic heterocycles. The monoisotopic (exact) mass is 385 g/mol. The number of rotatable bonds is 3. The molecule has 1 saturated carbocycles. The van der Waals surface area contributed by atoms with Gasteiger partial charge in [0.15, 0.2) is 0 Å². The summed E-state index contributed by atoms with van der Waals surface area (Å²) in [5, 5.41) is 9.07. The van der Waals surface area contributed by atoms with Gasteiger partial charge in [0.1, 0.15) is 0 Å². The molecule has 3 aliphatic rings. The lowest BCUT2D eigenvalue weighted by molar-refractivity contribution is -0.122. The van der Waals surface area contributed by atoms with Crippen molar-refractivity contribution in [1.82, 2.24) is 0 Å². The van der Waals surface area contributed by atoms with E-state index >= 15 is 0 Å². The third-order valence-electron chi connectivity index (χ3n) is 6.43. The first-order chi connectivity index (χ1) is 14.0. The summed E-state index contributed by atoms with van der Waals surface area (Å²) in [4.78, 5) is 38.8. The van der Waals surface area contributed by atoms with E-state index < -0.39 is 5.97 Å². The quantitative estimate of drug-likeness (QED) is 0.645. The summed E-state index contributed by atoms with van der Waals surface area (Å²) in [6, 6.07) is 16.0. The molecule has 0 spiro atoms. The van der Waals surface area contributed by atoms with Crippen molar-refractivity contribution in [3.63, 3.8) is 0 Å². The molecular weight excluding hydrogens is 366 g/mol. The van der Waals surface area contributed by atoms with Crippen LogP contribution in [-0.2, 0) is 9.59 Å². The predicted molar refractivity (Wildman–Crippen MR) is 108 cm³/mol. The summed E-state index contributed by atoms with van der Waals surface area (Å²) in [5.41, 5.74) is 3.98. The zero-order chi connectivity index (χ0) is 20.3. The minimum absolute atomic E-state index is 0.0649. The van der Waals surface area contributed by atoms with Crippen LogP contribution in [0.2, 0.25) is 0 Å². The van der Waals surface area contributed by atoms with Crippen molar-refractivity contribution in [2.75, 3.05) is 4.90 Å². The van der Waals surface area contributed by atoms with Crippen LogP contribution in [-0.4, -0.2) is 22.9 Å². The molecule has 5 nitrogen and oxygen atoms in total. The highest BCUT2D eigenvalue weighted by molar-refractivity contribution is 6.23. The Morgan fingerprint density at radius 3 is 1.90 bits per heavy atom. The van der Waals surface area contributed by atoms with Crippen molar-refractivity contribution in [2.45, 2.75) is 6.92 Å². The number of carboxylic acid groups (broad SMARTS) is 1. The van der Waals surface area contributed by atoms with Crippen molar-refractivity contribution in [3.05, 3.63) is 83.4 Å². The topological polar surface area (TPSA) is 74.7 Å². The molecule has 144 valence electrons. The third-order valence-corrected chi connectivity index (χ3v) is 6.43. The Balaban J connectivity index is 1.51. The zero-order valence-electron chi connectivity index (χ0n) is 15.8. The molecule has 0 unspecified atom stereocenters. The number of fused-ring (bicyclic) bond motifs is 5. The lowest BCUT2D eigenvalue weighted by Gasteiger charge is -2.20. The first-order valence-electron chi connectivity index (χ1n) is 9.64. The zero-order valence-corrected chi connectivity index (χ0v) is 15.8. The second-order valence-corrected chi connectivity index (χ2v) is 7.80. The molecule has 2 amide bonds. The van der Waals surface area contributed by atoms with Crippen LogP contribution in [0.5, 0.6) is 0 Å². The van der Waals surface area contributed by atoms with Crippen molar-refractivity contribution < 1.29 is 19.5 Å². The molecule has 2 bridgehead atoms. The van der Waals surface area contributed by atoms with Crippen LogP contribution in [0.1, 0.15) is 22.8 Å². The van der Waals surface area contributed by atoms with E-state index in [1.807, 2.05) is 18.2 Å². The number of hydrogen-bond acceptors (Lipinski definition) is 3. The van der Waals surface area contributed by atoms with Crippen molar-refractivity contribution in [2.24, 2.45) is 23.7 Å². The Bertz CT molecular complexity index is 1060. The maximum atomic E-state index is 13.2.